The van der Waals surface area contributed by atoms with E-state index in [1.165, 1.54) is 0 Å². The summed E-state index contributed by atoms with van der Waals surface area (Å²) < 4.78 is 0. The van der Waals surface area contributed by atoms with E-state index in [-0.39, 0.29) is 11.3 Å². The van der Waals surface area contributed by atoms with E-state index in [0.29, 0.717) is 13.0 Å². The molecule has 0 saturated carbocycles. The predicted molar refractivity (Wildman–Crippen MR) is 67.6 cm³/mol. The maximum atomic E-state index is 12.1. The first kappa shape index (κ1) is 12.1. The van der Waals surface area contributed by atoms with Crippen molar-refractivity contribution in [1.82, 2.24) is 4.90 Å². The van der Waals surface area contributed by atoms with Gasteiger partial charge in [0, 0.05) is 13.1 Å². The lowest BCUT2D eigenvalue weighted by Gasteiger charge is -2.36. The fourth-order valence-electron chi connectivity index (χ4n) is 2.22. The summed E-state index contributed by atoms with van der Waals surface area (Å²) in [4.78, 5) is 13.9. The Morgan fingerprint density at radius 1 is 1.71 bits per heavy atom. The summed E-state index contributed by atoms with van der Waals surface area (Å²) in [7, 11) is 0. The second-order valence-corrected chi connectivity index (χ2v) is 5.68. The Kier molecular flexibility index (Phi) is 3.49. The van der Waals surface area contributed by atoms with Gasteiger partial charge in [-0.1, -0.05) is 0 Å². The monoisotopic (exact) mass is 248 g/mol. The van der Waals surface area contributed by atoms with Gasteiger partial charge in [-0.25, -0.2) is 0 Å². The molecule has 2 heterocycles. The minimum absolute atomic E-state index is 0.143. The molecule has 1 aromatic heterocycles. The SMILES string of the molecule is CC1(C#N)CCCN(C(=O)Cc2ccsc2)C1. The van der Waals surface area contributed by atoms with Gasteiger partial charge in [-0.05, 0) is 42.2 Å². The van der Waals surface area contributed by atoms with Crippen LogP contribution in [0.5, 0.6) is 0 Å². The first-order valence-corrected chi connectivity index (χ1v) is 6.77. The Morgan fingerprint density at radius 3 is 3.18 bits per heavy atom. The highest BCUT2D eigenvalue weighted by Gasteiger charge is 2.32. The summed E-state index contributed by atoms with van der Waals surface area (Å²) in [6.45, 7) is 3.31. The lowest BCUT2D eigenvalue weighted by Crippen LogP contribution is -2.44. The number of hydrogen-bond donors (Lipinski definition) is 0. The van der Waals surface area contributed by atoms with Gasteiger partial charge in [-0.15, -0.1) is 0 Å². The van der Waals surface area contributed by atoms with Crippen molar-refractivity contribution in [1.29, 1.82) is 5.26 Å². The zero-order chi connectivity index (χ0) is 12.3. The van der Waals surface area contributed by atoms with Crippen LogP contribution in [0, 0.1) is 16.7 Å². The molecule has 17 heavy (non-hydrogen) atoms. The van der Waals surface area contributed by atoms with Crippen LogP contribution in [-0.4, -0.2) is 23.9 Å². The van der Waals surface area contributed by atoms with Gasteiger partial charge in [0.1, 0.15) is 0 Å². The molecular weight excluding hydrogens is 232 g/mol. The molecule has 90 valence electrons. The number of nitrogens with zero attached hydrogens (tertiary/aromatic N) is 2. The number of hydrogen-bond acceptors (Lipinski definition) is 3. The van der Waals surface area contributed by atoms with Gasteiger partial charge >= 0.3 is 0 Å². The van der Waals surface area contributed by atoms with Crippen molar-refractivity contribution in [2.75, 3.05) is 13.1 Å². The van der Waals surface area contributed by atoms with E-state index < -0.39 is 0 Å². The molecule has 4 heteroatoms. The Balaban J connectivity index is 1.98. The quantitative estimate of drug-likeness (QED) is 0.807. The van der Waals surface area contributed by atoms with Crippen LogP contribution in [0.1, 0.15) is 25.3 Å². The fraction of sp³-hybridized carbons (Fsp3) is 0.538. The summed E-state index contributed by atoms with van der Waals surface area (Å²) in [5, 5.41) is 13.1. The standard InChI is InChI=1S/C13H16N2OS/c1-13(9-14)4-2-5-15(10-13)12(16)7-11-3-6-17-8-11/h3,6,8H,2,4-5,7,10H2,1H3. The van der Waals surface area contributed by atoms with E-state index in [4.69, 9.17) is 5.26 Å². The third kappa shape index (κ3) is 2.86. The van der Waals surface area contributed by atoms with E-state index >= 15 is 0 Å². The summed E-state index contributed by atoms with van der Waals surface area (Å²) >= 11 is 1.61. The van der Waals surface area contributed by atoms with Crippen LogP contribution in [0.15, 0.2) is 16.8 Å². The van der Waals surface area contributed by atoms with Crippen molar-refractivity contribution < 1.29 is 4.79 Å². The summed E-state index contributed by atoms with van der Waals surface area (Å²) in [6, 6.07) is 4.31. The zero-order valence-corrected chi connectivity index (χ0v) is 10.8. The maximum Gasteiger partial charge on any atom is 0.227 e. The molecule has 1 fully saturated rings. The third-order valence-corrected chi connectivity index (χ3v) is 3.99. The highest BCUT2D eigenvalue weighted by Crippen LogP contribution is 2.28. The first-order chi connectivity index (χ1) is 8.13. The highest BCUT2D eigenvalue weighted by molar-refractivity contribution is 7.07. The van der Waals surface area contributed by atoms with Gasteiger partial charge in [0.05, 0.1) is 17.9 Å². The van der Waals surface area contributed by atoms with Crippen molar-refractivity contribution in [3.8, 4) is 6.07 Å². The lowest BCUT2D eigenvalue weighted by molar-refractivity contribution is -0.132. The van der Waals surface area contributed by atoms with Crippen molar-refractivity contribution >= 4 is 17.2 Å². The first-order valence-electron chi connectivity index (χ1n) is 5.83. The average molecular weight is 248 g/mol. The molecule has 1 unspecified atom stereocenters. The van der Waals surface area contributed by atoms with Gasteiger partial charge < -0.3 is 4.90 Å². The number of carbonyl (C=O) groups excluding carboxylic acids is 1. The van der Waals surface area contributed by atoms with E-state index in [9.17, 15) is 4.79 Å². The smallest absolute Gasteiger partial charge is 0.227 e. The number of likely N-dealkylation sites (tertiary alicyclic amines) is 1. The molecule has 1 aliphatic heterocycles. The number of nitriles is 1. The molecule has 1 aromatic rings. The lowest BCUT2D eigenvalue weighted by atomic mass is 9.83. The second-order valence-electron chi connectivity index (χ2n) is 4.90. The van der Waals surface area contributed by atoms with Crippen molar-refractivity contribution in [2.45, 2.75) is 26.2 Å². The van der Waals surface area contributed by atoms with Crippen molar-refractivity contribution in [3.63, 3.8) is 0 Å². The molecule has 0 spiro atoms. The average Bonchev–Trinajstić information content (AvgIpc) is 2.82. The largest absolute Gasteiger partial charge is 0.341 e. The van der Waals surface area contributed by atoms with Crippen LogP contribution in [-0.2, 0) is 11.2 Å². The number of carbonyl (C=O) groups is 1. The normalized spacial score (nSPS) is 24.4. The van der Waals surface area contributed by atoms with Crippen LogP contribution < -0.4 is 0 Å². The minimum Gasteiger partial charge on any atom is -0.341 e. The molecule has 1 aliphatic rings. The minimum atomic E-state index is -0.359. The Morgan fingerprint density at radius 2 is 2.53 bits per heavy atom. The molecule has 0 aliphatic carbocycles. The maximum absolute atomic E-state index is 12.1. The van der Waals surface area contributed by atoms with Crippen molar-refractivity contribution in [3.05, 3.63) is 22.4 Å². The highest BCUT2D eigenvalue weighted by atomic mass is 32.1. The summed E-state index contributed by atoms with van der Waals surface area (Å²) in [5.41, 5.74) is 0.715. The van der Waals surface area contributed by atoms with E-state index in [1.54, 1.807) is 11.3 Å². The molecule has 0 N–H and O–H groups in total. The van der Waals surface area contributed by atoms with E-state index in [2.05, 4.69) is 6.07 Å². The van der Waals surface area contributed by atoms with E-state index in [1.807, 2.05) is 28.7 Å². The van der Waals surface area contributed by atoms with Gasteiger partial charge in [0.2, 0.25) is 5.91 Å². The molecular formula is C13H16N2OS. The third-order valence-electron chi connectivity index (χ3n) is 3.25. The molecule has 0 aromatic carbocycles. The van der Waals surface area contributed by atoms with Crippen molar-refractivity contribution in [2.24, 2.45) is 5.41 Å². The summed E-state index contributed by atoms with van der Waals surface area (Å²) in [5.74, 6) is 0.143. The number of amides is 1. The molecule has 2 rings (SSSR count). The number of thiophene rings is 1. The Bertz CT molecular complexity index is 435. The number of piperidine rings is 1. The topological polar surface area (TPSA) is 44.1 Å². The fourth-order valence-corrected chi connectivity index (χ4v) is 2.89. The van der Waals surface area contributed by atoms with Crippen LogP contribution in [0.3, 0.4) is 0 Å². The molecule has 1 saturated heterocycles. The number of rotatable bonds is 2. The van der Waals surface area contributed by atoms with Crippen LogP contribution >= 0.6 is 11.3 Å². The van der Waals surface area contributed by atoms with Gasteiger partial charge in [-0.2, -0.15) is 16.6 Å². The van der Waals surface area contributed by atoms with Gasteiger partial charge in [0.15, 0.2) is 0 Å². The van der Waals surface area contributed by atoms with Crippen LogP contribution in [0.2, 0.25) is 0 Å². The van der Waals surface area contributed by atoms with Gasteiger partial charge in [0.25, 0.3) is 0 Å². The molecule has 3 nitrogen and oxygen atoms in total. The predicted octanol–water partition coefficient (Wildman–Crippen LogP) is 2.44. The Hall–Kier alpha value is -1.34. The molecule has 1 atom stereocenters. The molecule has 0 radical (unpaired) electrons. The van der Waals surface area contributed by atoms with Gasteiger partial charge in [-0.3, -0.25) is 4.79 Å². The van der Waals surface area contributed by atoms with E-state index in [0.717, 1.165) is 24.9 Å². The Labute approximate surface area is 106 Å². The molecule has 1 amide bonds. The second kappa shape index (κ2) is 4.89. The zero-order valence-electron chi connectivity index (χ0n) is 9.98. The summed E-state index contributed by atoms with van der Waals surface area (Å²) in [6.07, 6.45) is 2.29. The van der Waals surface area contributed by atoms with Crippen LogP contribution in [0.25, 0.3) is 0 Å². The van der Waals surface area contributed by atoms with Crippen LogP contribution in [0.4, 0.5) is 0 Å². The molecule has 0 bridgehead atoms.